The fourth-order valence-electron chi connectivity index (χ4n) is 8.43. The molecule has 44 heavy (non-hydrogen) atoms. The summed E-state index contributed by atoms with van der Waals surface area (Å²) in [7, 11) is -1.71. The Morgan fingerprint density at radius 1 is 1.00 bits per heavy atom. The van der Waals surface area contributed by atoms with Gasteiger partial charge in [-0.2, -0.15) is 0 Å². The van der Waals surface area contributed by atoms with Crippen LogP contribution < -0.4 is 13.6 Å². The molecule has 2 bridgehead atoms. The molecule has 0 amide bonds. The number of benzene rings is 2. The van der Waals surface area contributed by atoms with Gasteiger partial charge in [0.1, 0.15) is 23.4 Å². The summed E-state index contributed by atoms with van der Waals surface area (Å²) in [5, 5.41) is 20.9. The van der Waals surface area contributed by atoms with Gasteiger partial charge < -0.3 is 38.0 Å². The molecule has 2 N–H and O–H groups in total. The first-order chi connectivity index (χ1) is 20.6. The molecule has 2 aromatic carbocycles. The minimum atomic E-state index is -3.32. The van der Waals surface area contributed by atoms with E-state index in [4.69, 9.17) is 27.8 Å². The number of hydrogen-bond donors (Lipinski definition) is 2. The van der Waals surface area contributed by atoms with Gasteiger partial charge in [0, 0.05) is 33.0 Å². The quantitative estimate of drug-likeness (QED) is 0.359. The van der Waals surface area contributed by atoms with Gasteiger partial charge in [-0.3, -0.25) is 9.59 Å². The molecule has 1 spiro atoms. The van der Waals surface area contributed by atoms with Crippen molar-refractivity contribution < 1.29 is 47.6 Å². The van der Waals surface area contributed by atoms with E-state index in [-0.39, 0.29) is 18.2 Å². The molecule has 7 rings (SSSR count). The van der Waals surface area contributed by atoms with Crippen molar-refractivity contribution in [3.05, 3.63) is 28.3 Å². The van der Waals surface area contributed by atoms with Crippen molar-refractivity contribution in [3.63, 3.8) is 0 Å². The molecule has 3 saturated heterocycles. The van der Waals surface area contributed by atoms with Crippen LogP contribution in [-0.2, 0) is 25.4 Å². The highest BCUT2D eigenvalue weighted by Crippen LogP contribution is 2.65. The van der Waals surface area contributed by atoms with E-state index in [0.29, 0.717) is 46.6 Å². The van der Waals surface area contributed by atoms with E-state index in [9.17, 15) is 19.8 Å². The minimum Gasteiger partial charge on any atom is -0.510 e. The molecule has 1 aliphatic carbocycles. The average Bonchev–Trinajstić information content (AvgIpc) is 3.61. The Hall–Kier alpha value is -2.54. The Kier molecular flexibility index (Phi) is 6.34. The SMILES string of the molecule is COc1c2c(c3c4c(c([C@H]5OC6(C(CO)CO)OC5C(=O)C65CO5)c(C)cc14)O[Si](C(C)(C)C)(C(C)(C)C)O3)C(=O)CCC2. The highest BCUT2D eigenvalue weighted by Gasteiger charge is 2.83. The lowest BCUT2D eigenvalue weighted by molar-refractivity contribution is -0.239. The normalized spacial score (nSPS) is 30.2. The first kappa shape index (κ1) is 30.1. The maximum atomic E-state index is 13.9. The van der Waals surface area contributed by atoms with Crippen molar-refractivity contribution in [2.75, 3.05) is 26.9 Å². The third kappa shape index (κ3) is 3.48. The summed E-state index contributed by atoms with van der Waals surface area (Å²) in [6.45, 7) is 13.8. The Balaban J connectivity index is 1.55. The molecule has 11 heteroatoms. The van der Waals surface area contributed by atoms with E-state index in [0.717, 1.165) is 22.9 Å². The summed E-state index contributed by atoms with van der Waals surface area (Å²) in [6.07, 6.45) is -0.113. The van der Waals surface area contributed by atoms with Gasteiger partial charge in [-0.25, -0.2) is 0 Å². The standard InChI is InChI=1S/C33H42O10Si/c1-16-12-19-23-25(21(16)27-28-29(37)32(15-39-32)33(40-27,41-28)17(13-34)14-35)42-44(30(2,3)4,31(5,6)7)43-26(23)22-18(24(19)38-8)10-9-11-20(22)36/h12,17,27-28,34-35H,9-11,13-15H2,1-8H3/t27-,28?,32?,33?/m1/s1. The van der Waals surface area contributed by atoms with Gasteiger partial charge in [-0.1, -0.05) is 41.5 Å². The monoisotopic (exact) mass is 626 g/mol. The smallest absolute Gasteiger partial charge is 0.471 e. The molecule has 10 nitrogen and oxygen atoms in total. The molecule has 4 atom stereocenters. The molecule has 4 heterocycles. The van der Waals surface area contributed by atoms with Crippen LogP contribution in [0.25, 0.3) is 10.8 Å². The van der Waals surface area contributed by atoms with Crippen molar-refractivity contribution in [1.29, 1.82) is 0 Å². The van der Waals surface area contributed by atoms with Crippen molar-refractivity contribution in [3.8, 4) is 17.2 Å². The lowest BCUT2D eigenvalue weighted by Crippen LogP contribution is -2.63. The van der Waals surface area contributed by atoms with Crippen molar-refractivity contribution in [2.45, 2.75) is 101 Å². The number of aryl methyl sites for hydroxylation is 1. The van der Waals surface area contributed by atoms with E-state index < -0.39 is 61.4 Å². The van der Waals surface area contributed by atoms with Crippen molar-refractivity contribution in [2.24, 2.45) is 5.92 Å². The Morgan fingerprint density at radius 3 is 2.18 bits per heavy atom. The van der Waals surface area contributed by atoms with Crippen LogP contribution in [0.2, 0.25) is 10.1 Å². The summed E-state index contributed by atoms with van der Waals surface area (Å²) in [5.74, 6) is -1.14. The largest absolute Gasteiger partial charge is 0.510 e. The van der Waals surface area contributed by atoms with Crippen LogP contribution in [0.5, 0.6) is 17.2 Å². The highest BCUT2D eigenvalue weighted by molar-refractivity contribution is 6.75. The minimum absolute atomic E-state index is 0.0114. The molecule has 0 radical (unpaired) electrons. The van der Waals surface area contributed by atoms with Crippen LogP contribution >= 0.6 is 0 Å². The summed E-state index contributed by atoms with van der Waals surface area (Å²) in [6, 6.07) is 1.98. The summed E-state index contributed by atoms with van der Waals surface area (Å²) >= 11 is 0. The number of ketones is 2. The van der Waals surface area contributed by atoms with Gasteiger partial charge >= 0.3 is 8.56 Å². The number of epoxide rings is 1. The molecular formula is C33H42O10Si. The predicted octanol–water partition coefficient (Wildman–Crippen LogP) is 4.59. The van der Waals surface area contributed by atoms with Crippen LogP contribution in [0.15, 0.2) is 6.07 Å². The van der Waals surface area contributed by atoms with Crippen LogP contribution in [-0.4, -0.2) is 74.8 Å². The Bertz CT molecular complexity index is 1600. The summed E-state index contributed by atoms with van der Waals surface area (Å²) in [5.41, 5.74) is 1.47. The maximum Gasteiger partial charge on any atom is 0.471 e. The van der Waals surface area contributed by atoms with Crippen LogP contribution in [0.3, 0.4) is 0 Å². The van der Waals surface area contributed by atoms with Gasteiger partial charge in [-0.05, 0) is 31.4 Å². The molecule has 0 aromatic heterocycles. The molecule has 238 valence electrons. The van der Waals surface area contributed by atoms with Gasteiger partial charge in [0.15, 0.2) is 11.9 Å². The molecule has 2 aromatic rings. The zero-order chi connectivity index (χ0) is 31.8. The number of rotatable bonds is 5. The second kappa shape index (κ2) is 9.26. The number of methoxy groups -OCH3 is 1. The number of ether oxygens (including phenoxy) is 4. The van der Waals surface area contributed by atoms with Crippen LogP contribution in [0.4, 0.5) is 0 Å². The molecule has 0 saturated carbocycles. The number of aliphatic hydroxyl groups excluding tert-OH is 2. The molecular weight excluding hydrogens is 584 g/mol. The Morgan fingerprint density at radius 2 is 1.61 bits per heavy atom. The van der Waals surface area contributed by atoms with E-state index in [1.165, 1.54) is 0 Å². The van der Waals surface area contributed by atoms with Gasteiger partial charge in [0.25, 0.3) is 0 Å². The fourth-order valence-corrected chi connectivity index (χ4v) is 12.9. The molecule has 5 aliphatic rings. The molecule has 4 aliphatic heterocycles. The zero-order valence-electron chi connectivity index (χ0n) is 26.7. The molecule has 3 unspecified atom stereocenters. The topological polar surface area (TPSA) is 133 Å². The number of hydrogen-bond acceptors (Lipinski definition) is 10. The number of aliphatic hydroxyl groups is 2. The number of Topliss-reactive ketones (excluding diaryl/α,β-unsaturated/α-hetero) is 2. The van der Waals surface area contributed by atoms with Gasteiger partial charge in [0.2, 0.25) is 17.2 Å². The van der Waals surface area contributed by atoms with Gasteiger partial charge in [0.05, 0.1) is 43.8 Å². The first-order valence-corrected chi connectivity index (χ1v) is 17.3. The van der Waals surface area contributed by atoms with Crippen molar-refractivity contribution >= 4 is 30.9 Å². The van der Waals surface area contributed by atoms with E-state index >= 15 is 0 Å². The third-order valence-electron chi connectivity index (χ3n) is 10.4. The van der Waals surface area contributed by atoms with E-state index in [2.05, 4.69) is 41.5 Å². The lowest BCUT2D eigenvalue weighted by atomic mass is 9.80. The lowest BCUT2D eigenvalue weighted by Gasteiger charge is -2.51. The number of carbonyl (C=O) groups is 2. The van der Waals surface area contributed by atoms with Crippen molar-refractivity contribution in [1.82, 2.24) is 0 Å². The second-order valence-electron chi connectivity index (χ2n) is 15.0. The first-order valence-electron chi connectivity index (χ1n) is 15.5. The molecule has 3 fully saturated rings. The zero-order valence-corrected chi connectivity index (χ0v) is 27.7. The van der Waals surface area contributed by atoms with Crippen LogP contribution in [0, 0.1) is 12.8 Å². The Labute approximate surface area is 258 Å². The number of carbonyl (C=O) groups excluding carboxylic acids is 2. The van der Waals surface area contributed by atoms with Crippen LogP contribution in [0.1, 0.15) is 87.5 Å². The highest BCUT2D eigenvalue weighted by atomic mass is 28.4. The summed E-state index contributed by atoms with van der Waals surface area (Å²) < 4.78 is 39.2. The number of fused-ring (bicyclic) bond motifs is 5. The predicted molar refractivity (Wildman–Crippen MR) is 162 cm³/mol. The van der Waals surface area contributed by atoms with E-state index in [1.807, 2.05) is 13.0 Å². The van der Waals surface area contributed by atoms with E-state index in [1.54, 1.807) is 7.11 Å². The maximum absolute atomic E-state index is 13.9. The average molecular weight is 627 g/mol. The van der Waals surface area contributed by atoms with Gasteiger partial charge in [-0.15, -0.1) is 0 Å². The third-order valence-corrected chi connectivity index (χ3v) is 15.3. The fraction of sp³-hybridized carbons (Fsp3) is 0.636. The second-order valence-corrected chi connectivity index (χ2v) is 19.6. The summed E-state index contributed by atoms with van der Waals surface area (Å²) in [4.78, 5) is 27.6.